The van der Waals surface area contributed by atoms with Crippen LogP contribution < -0.4 is 14.8 Å². The van der Waals surface area contributed by atoms with E-state index in [0.29, 0.717) is 33.3 Å². The fourth-order valence-corrected chi connectivity index (χ4v) is 3.90. The number of anilines is 2. The van der Waals surface area contributed by atoms with Gasteiger partial charge >= 0.3 is 0 Å². The SMILES string of the molecule is Cc1ccc(S(=O)(=O)Nc2cccc(Cl)c2)cc1NC(=O)COc1ccc(C#N)cc1. The minimum atomic E-state index is -3.88. The second kappa shape index (κ2) is 9.51. The lowest BCUT2D eigenvalue weighted by Crippen LogP contribution is -2.21. The van der Waals surface area contributed by atoms with Crippen LogP contribution in [-0.4, -0.2) is 20.9 Å². The molecule has 0 aliphatic rings. The summed E-state index contributed by atoms with van der Waals surface area (Å²) in [5, 5.41) is 11.9. The van der Waals surface area contributed by atoms with Gasteiger partial charge in [-0.15, -0.1) is 0 Å². The summed E-state index contributed by atoms with van der Waals surface area (Å²) in [6.45, 7) is 1.47. The zero-order chi connectivity index (χ0) is 22.4. The maximum absolute atomic E-state index is 12.7. The van der Waals surface area contributed by atoms with Crippen molar-refractivity contribution in [3.63, 3.8) is 0 Å². The predicted octanol–water partition coefficient (Wildman–Crippen LogP) is 4.34. The second-order valence-electron chi connectivity index (χ2n) is 6.57. The van der Waals surface area contributed by atoms with Gasteiger partial charge in [-0.2, -0.15) is 5.26 Å². The Hall–Kier alpha value is -3.54. The number of nitrogens with one attached hydrogen (secondary N) is 2. The van der Waals surface area contributed by atoms with E-state index in [9.17, 15) is 13.2 Å². The number of carbonyl (C=O) groups is 1. The summed E-state index contributed by atoms with van der Waals surface area (Å²) < 4.78 is 33.3. The molecule has 3 aromatic carbocycles. The van der Waals surface area contributed by atoms with Crippen LogP contribution in [0.3, 0.4) is 0 Å². The van der Waals surface area contributed by atoms with Gasteiger partial charge in [0.05, 0.1) is 22.2 Å². The quantitative estimate of drug-likeness (QED) is 0.551. The Morgan fingerprint density at radius 1 is 1.10 bits per heavy atom. The van der Waals surface area contributed by atoms with Crippen molar-refractivity contribution in [2.45, 2.75) is 11.8 Å². The number of sulfonamides is 1. The van der Waals surface area contributed by atoms with Crippen LogP contribution in [0.5, 0.6) is 5.75 Å². The van der Waals surface area contributed by atoms with E-state index in [1.54, 1.807) is 55.5 Å². The standard InChI is InChI=1S/C22H18ClN3O4S/c1-15-5-10-20(31(28,29)26-18-4-2-3-17(23)11-18)12-21(15)25-22(27)14-30-19-8-6-16(13-24)7-9-19/h2-12,26H,14H2,1H3,(H,25,27). The Morgan fingerprint density at radius 3 is 2.52 bits per heavy atom. The van der Waals surface area contributed by atoms with Gasteiger partial charge in [0, 0.05) is 10.7 Å². The highest BCUT2D eigenvalue weighted by Crippen LogP contribution is 2.24. The molecule has 0 bridgehead atoms. The van der Waals surface area contributed by atoms with Gasteiger partial charge in [-0.3, -0.25) is 9.52 Å². The summed E-state index contributed by atoms with van der Waals surface area (Å²) in [5.74, 6) is -0.0160. The van der Waals surface area contributed by atoms with E-state index >= 15 is 0 Å². The van der Waals surface area contributed by atoms with Crippen LogP contribution in [0.4, 0.5) is 11.4 Å². The average Bonchev–Trinajstić information content (AvgIpc) is 2.74. The van der Waals surface area contributed by atoms with E-state index in [1.165, 1.54) is 18.2 Å². The third-order valence-electron chi connectivity index (χ3n) is 4.22. The molecule has 0 saturated heterocycles. The Labute approximate surface area is 185 Å². The van der Waals surface area contributed by atoms with E-state index in [0.717, 1.165) is 0 Å². The number of hydrogen-bond donors (Lipinski definition) is 2. The fourth-order valence-electron chi connectivity index (χ4n) is 2.63. The zero-order valence-corrected chi connectivity index (χ0v) is 18.0. The fraction of sp³-hybridized carbons (Fsp3) is 0.0909. The molecule has 7 nitrogen and oxygen atoms in total. The first-order chi connectivity index (χ1) is 14.8. The number of halogens is 1. The van der Waals surface area contributed by atoms with Crippen molar-refractivity contribution in [1.82, 2.24) is 0 Å². The van der Waals surface area contributed by atoms with Crippen LogP contribution in [0, 0.1) is 18.3 Å². The molecule has 0 radical (unpaired) electrons. The molecule has 3 rings (SSSR count). The number of aryl methyl sites for hydroxylation is 1. The number of carbonyl (C=O) groups excluding carboxylic acids is 1. The van der Waals surface area contributed by atoms with Crippen molar-refractivity contribution in [3.8, 4) is 11.8 Å². The van der Waals surface area contributed by atoms with Crippen LogP contribution in [0.2, 0.25) is 5.02 Å². The lowest BCUT2D eigenvalue weighted by Gasteiger charge is -2.13. The molecular weight excluding hydrogens is 438 g/mol. The second-order valence-corrected chi connectivity index (χ2v) is 8.68. The number of benzene rings is 3. The van der Waals surface area contributed by atoms with Crippen molar-refractivity contribution in [2.75, 3.05) is 16.6 Å². The molecule has 9 heteroatoms. The number of hydrogen-bond acceptors (Lipinski definition) is 5. The van der Waals surface area contributed by atoms with Crippen LogP contribution in [-0.2, 0) is 14.8 Å². The molecule has 0 aliphatic carbocycles. The maximum atomic E-state index is 12.7. The molecule has 0 fully saturated rings. The van der Waals surface area contributed by atoms with Crippen LogP contribution in [0.1, 0.15) is 11.1 Å². The van der Waals surface area contributed by atoms with Crippen LogP contribution in [0.15, 0.2) is 71.6 Å². The summed E-state index contributed by atoms with van der Waals surface area (Å²) in [6.07, 6.45) is 0. The van der Waals surface area contributed by atoms with Crippen LogP contribution in [0.25, 0.3) is 0 Å². The predicted molar refractivity (Wildman–Crippen MR) is 119 cm³/mol. The largest absolute Gasteiger partial charge is 0.484 e. The summed E-state index contributed by atoms with van der Waals surface area (Å²) in [5.41, 5.74) is 1.85. The van der Waals surface area contributed by atoms with Crippen molar-refractivity contribution >= 4 is 38.9 Å². The molecule has 158 valence electrons. The topological polar surface area (TPSA) is 108 Å². The van der Waals surface area contributed by atoms with Gasteiger partial charge < -0.3 is 10.1 Å². The lowest BCUT2D eigenvalue weighted by molar-refractivity contribution is -0.118. The number of amides is 1. The molecule has 0 heterocycles. The Kier molecular flexibility index (Phi) is 6.80. The van der Waals surface area contributed by atoms with Crippen LogP contribution >= 0.6 is 11.6 Å². The monoisotopic (exact) mass is 455 g/mol. The van der Waals surface area contributed by atoms with Crippen molar-refractivity contribution < 1.29 is 17.9 Å². The molecule has 0 atom stereocenters. The number of nitrogens with zero attached hydrogens (tertiary/aromatic N) is 1. The molecule has 31 heavy (non-hydrogen) atoms. The van der Waals surface area contributed by atoms with Crippen molar-refractivity contribution in [2.24, 2.45) is 0 Å². The Balaban J connectivity index is 1.69. The molecule has 2 N–H and O–H groups in total. The molecule has 0 saturated carbocycles. The normalized spacial score (nSPS) is 10.7. The van der Waals surface area contributed by atoms with E-state index in [4.69, 9.17) is 21.6 Å². The van der Waals surface area contributed by atoms with E-state index in [-0.39, 0.29) is 11.5 Å². The van der Waals surface area contributed by atoms with Gasteiger partial charge in [-0.1, -0.05) is 23.7 Å². The highest BCUT2D eigenvalue weighted by Gasteiger charge is 2.17. The maximum Gasteiger partial charge on any atom is 0.262 e. The smallest absolute Gasteiger partial charge is 0.262 e. The highest BCUT2D eigenvalue weighted by atomic mass is 35.5. The molecule has 3 aromatic rings. The first-order valence-corrected chi connectivity index (χ1v) is 10.9. The molecular formula is C22H18ClN3O4S. The number of ether oxygens (including phenoxy) is 1. The van der Waals surface area contributed by atoms with Gasteiger partial charge in [0.2, 0.25) is 0 Å². The van der Waals surface area contributed by atoms with Gasteiger partial charge in [0.25, 0.3) is 15.9 Å². The van der Waals surface area contributed by atoms with Gasteiger partial charge in [-0.25, -0.2) is 8.42 Å². The first-order valence-electron chi connectivity index (χ1n) is 9.09. The van der Waals surface area contributed by atoms with E-state index in [1.807, 2.05) is 6.07 Å². The molecule has 1 amide bonds. The summed E-state index contributed by atoms with van der Waals surface area (Å²) in [6, 6.07) is 19.1. The summed E-state index contributed by atoms with van der Waals surface area (Å²) in [7, 11) is -3.88. The summed E-state index contributed by atoms with van der Waals surface area (Å²) in [4.78, 5) is 12.3. The number of nitriles is 1. The molecule has 0 unspecified atom stereocenters. The Bertz CT molecular complexity index is 1250. The molecule has 0 aliphatic heterocycles. The van der Waals surface area contributed by atoms with Crippen molar-refractivity contribution in [1.29, 1.82) is 5.26 Å². The van der Waals surface area contributed by atoms with E-state index in [2.05, 4.69) is 10.0 Å². The molecule has 0 spiro atoms. The number of rotatable bonds is 7. The van der Waals surface area contributed by atoms with Crippen molar-refractivity contribution in [3.05, 3.63) is 82.9 Å². The zero-order valence-electron chi connectivity index (χ0n) is 16.4. The van der Waals surface area contributed by atoms with Gasteiger partial charge in [-0.05, 0) is 67.1 Å². The first kappa shape index (κ1) is 22.2. The van der Waals surface area contributed by atoms with E-state index < -0.39 is 15.9 Å². The Morgan fingerprint density at radius 2 is 1.84 bits per heavy atom. The highest BCUT2D eigenvalue weighted by molar-refractivity contribution is 7.92. The van der Waals surface area contributed by atoms with Gasteiger partial charge in [0.1, 0.15) is 5.75 Å². The van der Waals surface area contributed by atoms with Gasteiger partial charge in [0.15, 0.2) is 6.61 Å². The third-order valence-corrected chi connectivity index (χ3v) is 5.84. The minimum Gasteiger partial charge on any atom is -0.484 e. The minimum absolute atomic E-state index is 0.0126. The lowest BCUT2D eigenvalue weighted by atomic mass is 10.2. The average molecular weight is 456 g/mol. The molecule has 0 aromatic heterocycles. The third kappa shape index (κ3) is 5.98. The summed E-state index contributed by atoms with van der Waals surface area (Å²) >= 11 is 5.90.